The van der Waals surface area contributed by atoms with Gasteiger partial charge in [0.1, 0.15) is 18.5 Å². The van der Waals surface area contributed by atoms with Crippen molar-refractivity contribution in [1.82, 2.24) is 5.32 Å². The van der Waals surface area contributed by atoms with Gasteiger partial charge in [0, 0.05) is 29.8 Å². The van der Waals surface area contributed by atoms with Crippen LogP contribution in [-0.2, 0) is 21.0 Å². The van der Waals surface area contributed by atoms with Crippen LogP contribution in [0.25, 0.3) is 0 Å². The monoisotopic (exact) mass is 595 g/mol. The molecule has 0 heterocycles. The SMILES string of the molecule is COc1cc([C@H](Nc2ccc(C(=N)N)cc2)C(=O)NC(C(=O)O)c2ccccc2)c(NC(C)=O)cc1OCc1ccccc1. The van der Waals surface area contributed by atoms with Crippen LogP contribution in [0.2, 0.25) is 0 Å². The van der Waals surface area contributed by atoms with E-state index in [-0.39, 0.29) is 29.4 Å². The summed E-state index contributed by atoms with van der Waals surface area (Å²) in [7, 11) is 1.45. The van der Waals surface area contributed by atoms with Crippen molar-refractivity contribution in [3.63, 3.8) is 0 Å². The number of hydrogen-bond acceptors (Lipinski definition) is 7. The van der Waals surface area contributed by atoms with Gasteiger partial charge in [0.15, 0.2) is 17.5 Å². The molecule has 0 spiro atoms. The van der Waals surface area contributed by atoms with Crippen LogP contribution in [0, 0.1) is 5.41 Å². The summed E-state index contributed by atoms with van der Waals surface area (Å²) in [6.07, 6.45) is 0. The number of carbonyl (C=O) groups excluding carboxylic acids is 2. The fraction of sp³-hybridized carbons (Fsp3) is 0.152. The molecule has 4 aromatic rings. The first kappa shape index (κ1) is 31.1. The summed E-state index contributed by atoms with van der Waals surface area (Å²) in [4.78, 5) is 38.5. The number of anilines is 2. The van der Waals surface area contributed by atoms with Crippen LogP contribution in [0.3, 0.4) is 0 Å². The van der Waals surface area contributed by atoms with Crippen molar-refractivity contribution in [2.24, 2.45) is 5.73 Å². The molecule has 0 aliphatic rings. The minimum absolute atomic E-state index is 0.123. The Hall–Kier alpha value is -5.84. The van der Waals surface area contributed by atoms with Crippen molar-refractivity contribution in [3.8, 4) is 11.5 Å². The number of nitrogens with one attached hydrogen (secondary N) is 4. The van der Waals surface area contributed by atoms with Gasteiger partial charge in [0.2, 0.25) is 11.8 Å². The zero-order valence-corrected chi connectivity index (χ0v) is 24.2. The maximum atomic E-state index is 14.0. The molecule has 11 heteroatoms. The van der Waals surface area contributed by atoms with Gasteiger partial charge in [-0.15, -0.1) is 0 Å². The summed E-state index contributed by atoms with van der Waals surface area (Å²) in [6.45, 7) is 1.55. The molecule has 44 heavy (non-hydrogen) atoms. The molecular weight excluding hydrogens is 562 g/mol. The molecule has 4 aromatic carbocycles. The minimum atomic E-state index is -1.35. The number of benzene rings is 4. The van der Waals surface area contributed by atoms with E-state index in [1.807, 2.05) is 30.3 Å². The van der Waals surface area contributed by atoms with Crippen LogP contribution >= 0.6 is 0 Å². The molecule has 0 saturated heterocycles. The Kier molecular flexibility index (Phi) is 10.2. The molecule has 0 aliphatic carbocycles. The third-order valence-electron chi connectivity index (χ3n) is 6.63. The van der Waals surface area contributed by atoms with Crippen LogP contribution < -0.4 is 31.2 Å². The third kappa shape index (κ3) is 7.91. The number of carbonyl (C=O) groups is 3. The number of nitrogens with two attached hydrogens (primary N) is 1. The average Bonchev–Trinajstić information content (AvgIpc) is 3.02. The number of amidine groups is 1. The van der Waals surface area contributed by atoms with Gasteiger partial charge in [-0.25, -0.2) is 4.79 Å². The van der Waals surface area contributed by atoms with Gasteiger partial charge in [-0.1, -0.05) is 60.7 Å². The second-order valence-electron chi connectivity index (χ2n) is 9.80. The molecule has 0 radical (unpaired) electrons. The zero-order chi connectivity index (χ0) is 31.6. The molecule has 1 unspecified atom stereocenters. The minimum Gasteiger partial charge on any atom is -0.493 e. The first-order chi connectivity index (χ1) is 21.2. The van der Waals surface area contributed by atoms with Gasteiger partial charge in [0.25, 0.3) is 0 Å². The molecule has 7 N–H and O–H groups in total. The highest BCUT2D eigenvalue weighted by atomic mass is 16.5. The normalized spacial score (nSPS) is 11.9. The summed E-state index contributed by atoms with van der Waals surface area (Å²) in [5, 5.41) is 26.2. The first-order valence-electron chi connectivity index (χ1n) is 13.6. The van der Waals surface area contributed by atoms with Gasteiger partial charge in [-0.3, -0.25) is 15.0 Å². The zero-order valence-electron chi connectivity index (χ0n) is 24.2. The van der Waals surface area contributed by atoms with Crippen LogP contribution in [0.15, 0.2) is 97.1 Å². The number of amides is 2. The lowest BCUT2D eigenvalue weighted by atomic mass is 10.00. The Morgan fingerprint density at radius 2 is 1.52 bits per heavy atom. The molecule has 226 valence electrons. The molecule has 0 saturated carbocycles. The van der Waals surface area contributed by atoms with Gasteiger partial charge >= 0.3 is 5.97 Å². The number of carboxylic acid groups (broad SMARTS) is 1. The Bertz CT molecular complexity index is 1630. The highest BCUT2D eigenvalue weighted by molar-refractivity contribution is 5.96. The predicted octanol–water partition coefficient (Wildman–Crippen LogP) is 4.61. The fourth-order valence-corrected chi connectivity index (χ4v) is 4.48. The van der Waals surface area contributed by atoms with E-state index in [0.29, 0.717) is 22.6 Å². The molecule has 0 fully saturated rings. The molecule has 0 aliphatic heterocycles. The highest BCUT2D eigenvalue weighted by Gasteiger charge is 2.30. The molecule has 4 rings (SSSR count). The lowest BCUT2D eigenvalue weighted by Crippen LogP contribution is -2.39. The summed E-state index contributed by atoms with van der Waals surface area (Å²) >= 11 is 0. The van der Waals surface area contributed by atoms with E-state index in [1.165, 1.54) is 14.0 Å². The number of carboxylic acids is 1. The van der Waals surface area contributed by atoms with Crippen LogP contribution in [0.5, 0.6) is 11.5 Å². The first-order valence-corrected chi connectivity index (χ1v) is 13.6. The molecule has 0 aromatic heterocycles. The van der Waals surface area contributed by atoms with Crippen molar-refractivity contribution in [2.75, 3.05) is 17.7 Å². The molecular formula is C33H33N5O6. The topological polar surface area (TPSA) is 176 Å². The second-order valence-corrected chi connectivity index (χ2v) is 9.80. The van der Waals surface area contributed by atoms with Crippen molar-refractivity contribution in [3.05, 3.63) is 119 Å². The number of aliphatic carboxylic acids is 1. The van der Waals surface area contributed by atoms with Gasteiger partial charge < -0.3 is 36.3 Å². The average molecular weight is 596 g/mol. The largest absolute Gasteiger partial charge is 0.493 e. The maximum absolute atomic E-state index is 14.0. The Morgan fingerprint density at radius 3 is 2.09 bits per heavy atom. The third-order valence-corrected chi connectivity index (χ3v) is 6.63. The number of methoxy groups -OCH3 is 1. The number of ether oxygens (including phenoxy) is 2. The highest BCUT2D eigenvalue weighted by Crippen LogP contribution is 2.38. The lowest BCUT2D eigenvalue weighted by molar-refractivity contribution is -0.142. The lowest BCUT2D eigenvalue weighted by Gasteiger charge is -2.26. The predicted molar refractivity (Wildman–Crippen MR) is 167 cm³/mol. The summed E-state index contributed by atoms with van der Waals surface area (Å²) < 4.78 is 11.6. The summed E-state index contributed by atoms with van der Waals surface area (Å²) in [5.41, 5.74) is 8.37. The maximum Gasteiger partial charge on any atom is 0.330 e. The number of nitrogen functional groups attached to an aromatic ring is 1. The molecule has 2 atom stereocenters. The molecule has 11 nitrogen and oxygen atoms in total. The quantitative estimate of drug-likeness (QED) is 0.0959. The van der Waals surface area contributed by atoms with E-state index in [4.69, 9.17) is 20.6 Å². The van der Waals surface area contributed by atoms with Gasteiger partial charge in [0.05, 0.1) is 12.8 Å². The Labute approximate surface area is 254 Å². The number of rotatable bonds is 13. The van der Waals surface area contributed by atoms with Crippen LogP contribution in [0.1, 0.15) is 41.3 Å². The van der Waals surface area contributed by atoms with E-state index < -0.39 is 29.9 Å². The van der Waals surface area contributed by atoms with Gasteiger partial charge in [-0.05, 0) is 41.5 Å². The Morgan fingerprint density at radius 1 is 0.886 bits per heavy atom. The van der Waals surface area contributed by atoms with Crippen molar-refractivity contribution >= 4 is 35.0 Å². The van der Waals surface area contributed by atoms with Crippen molar-refractivity contribution < 1.29 is 29.0 Å². The summed E-state index contributed by atoms with van der Waals surface area (Å²) in [6, 6.07) is 24.8. The standard InChI is InChI=1S/C33H33N5O6/c1-20(39)36-26-18-28(44-19-21-9-5-3-6-10-21)27(43-2)17-25(26)30(37-24-15-13-23(14-16-24)31(34)35)32(40)38-29(33(41)42)22-11-7-4-8-12-22/h3-18,29-30,37H,19H2,1-2H3,(H3,34,35)(H,36,39)(H,38,40)(H,41,42)/t29?,30-/m0/s1. The van der Waals surface area contributed by atoms with E-state index >= 15 is 0 Å². The number of hydrogen-bond donors (Lipinski definition) is 6. The fourth-order valence-electron chi connectivity index (χ4n) is 4.48. The molecule has 0 bridgehead atoms. The van der Waals surface area contributed by atoms with E-state index in [9.17, 15) is 19.5 Å². The second kappa shape index (κ2) is 14.4. The molecule has 2 amide bonds. The smallest absolute Gasteiger partial charge is 0.330 e. The Balaban J connectivity index is 1.78. The van der Waals surface area contributed by atoms with Crippen molar-refractivity contribution in [1.29, 1.82) is 5.41 Å². The van der Waals surface area contributed by atoms with E-state index in [0.717, 1.165) is 5.56 Å². The van der Waals surface area contributed by atoms with Crippen LogP contribution in [-0.4, -0.2) is 35.8 Å². The van der Waals surface area contributed by atoms with E-state index in [2.05, 4.69) is 16.0 Å². The van der Waals surface area contributed by atoms with Gasteiger partial charge in [-0.2, -0.15) is 0 Å². The summed E-state index contributed by atoms with van der Waals surface area (Å²) in [5.74, 6) is -1.86. The van der Waals surface area contributed by atoms with Crippen molar-refractivity contribution in [2.45, 2.75) is 25.6 Å². The van der Waals surface area contributed by atoms with Crippen LogP contribution in [0.4, 0.5) is 11.4 Å². The van der Waals surface area contributed by atoms with E-state index in [1.54, 1.807) is 66.7 Å².